The van der Waals surface area contributed by atoms with Crippen molar-refractivity contribution in [1.82, 2.24) is 5.32 Å². The van der Waals surface area contributed by atoms with Gasteiger partial charge < -0.3 is 15.2 Å². The maximum atomic E-state index is 11.8. The Morgan fingerprint density at radius 3 is 2.65 bits per heavy atom. The van der Waals surface area contributed by atoms with E-state index in [-0.39, 0.29) is 12.1 Å². The van der Waals surface area contributed by atoms with E-state index in [2.05, 4.69) is 5.32 Å². The summed E-state index contributed by atoms with van der Waals surface area (Å²) in [6.07, 6.45) is 0.392. The Kier molecular flexibility index (Phi) is 4.62. The summed E-state index contributed by atoms with van der Waals surface area (Å²) < 4.78 is 5.63. The molecule has 0 bridgehead atoms. The maximum Gasteiger partial charge on any atom is 0.315 e. The first kappa shape index (κ1) is 14.8. The van der Waals surface area contributed by atoms with Crippen LogP contribution in [-0.2, 0) is 14.3 Å². The Hall–Kier alpha value is -1.59. The predicted molar refractivity (Wildman–Crippen MR) is 73.5 cm³/mol. The van der Waals surface area contributed by atoms with Crippen LogP contribution in [-0.4, -0.2) is 29.6 Å². The maximum absolute atomic E-state index is 11.8. The average Bonchev–Trinajstić information content (AvgIpc) is 2.86. The second kappa shape index (κ2) is 6.24. The van der Waals surface area contributed by atoms with Gasteiger partial charge in [0.15, 0.2) is 0 Å². The minimum atomic E-state index is -1.13. The van der Waals surface area contributed by atoms with Gasteiger partial charge in [-0.15, -0.1) is 0 Å². The zero-order valence-corrected chi connectivity index (χ0v) is 11.8. The van der Waals surface area contributed by atoms with Crippen molar-refractivity contribution < 1.29 is 19.4 Å². The Labute approximate surface area is 121 Å². The van der Waals surface area contributed by atoms with E-state index in [0.717, 1.165) is 5.56 Å². The first-order valence-electron chi connectivity index (χ1n) is 6.39. The van der Waals surface area contributed by atoms with Crippen molar-refractivity contribution in [2.45, 2.75) is 25.5 Å². The molecule has 1 aliphatic heterocycles. The lowest BCUT2D eigenvalue weighted by molar-refractivity contribution is -0.146. The molecule has 3 unspecified atom stereocenters. The van der Waals surface area contributed by atoms with E-state index >= 15 is 0 Å². The van der Waals surface area contributed by atoms with Crippen LogP contribution in [0.5, 0.6) is 0 Å². The van der Waals surface area contributed by atoms with E-state index in [1.165, 1.54) is 6.92 Å². The van der Waals surface area contributed by atoms with E-state index in [4.69, 9.17) is 21.4 Å². The Bertz CT molecular complexity index is 502. The molecule has 6 heteroatoms. The molecule has 2 rings (SSSR count). The van der Waals surface area contributed by atoms with Gasteiger partial charge >= 0.3 is 5.97 Å². The monoisotopic (exact) mass is 297 g/mol. The lowest BCUT2D eigenvalue weighted by Gasteiger charge is -2.21. The number of nitrogens with one attached hydrogen (secondary N) is 1. The van der Waals surface area contributed by atoms with Crippen LogP contribution >= 0.6 is 11.6 Å². The Morgan fingerprint density at radius 1 is 1.40 bits per heavy atom. The molecule has 0 aromatic heterocycles. The minimum Gasteiger partial charge on any atom is -0.481 e. The molecule has 0 radical (unpaired) electrons. The van der Waals surface area contributed by atoms with Crippen molar-refractivity contribution in [1.29, 1.82) is 0 Å². The zero-order chi connectivity index (χ0) is 14.7. The summed E-state index contributed by atoms with van der Waals surface area (Å²) in [5.41, 5.74) is 0.917. The van der Waals surface area contributed by atoms with E-state index in [1.807, 2.05) is 12.1 Å². The largest absolute Gasteiger partial charge is 0.481 e. The zero-order valence-electron chi connectivity index (χ0n) is 11.0. The number of ether oxygens (including phenoxy) is 1. The number of amides is 1. The number of carboxylic acids is 1. The molecule has 1 amide bonds. The second-order valence-electron chi connectivity index (χ2n) is 4.81. The molecule has 3 atom stereocenters. The van der Waals surface area contributed by atoms with Crippen LogP contribution in [0.1, 0.15) is 25.0 Å². The molecule has 1 heterocycles. The van der Waals surface area contributed by atoms with Gasteiger partial charge in [-0.1, -0.05) is 23.7 Å². The van der Waals surface area contributed by atoms with E-state index in [0.29, 0.717) is 18.1 Å². The molecule has 1 aliphatic rings. The minimum absolute atomic E-state index is 0.217. The molecular formula is C14H16ClNO4. The second-order valence-corrected chi connectivity index (χ2v) is 5.24. The summed E-state index contributed by atoms with van der Waals surface area (Å²) in [6.45, 7) is 1.89. The lowest BCUT2D eigenvalue weighted by Crippen LogP contribution is -2.41. The van der Waals surface area contributed by atoms with Crippen LogP contribution in [0, 0.1) is 5.92 Å². The highest BCUT2D eigenvalue weighted by molar-refractivity contribution is 6.30. The molecule has 1 aromatic carbocycles. The Morgan fingerprint density at radius 2 is 2.05 bits per heavy atom. The lowest BCUT2D eigenvalue weighted by atomic mass is 10.0. The molecule has 1 saturated heterocycles. The number of carboxylic acid groups (broad SMARTS) is 1. The van der Waals surface area contributed by atoms with E-state index < -0.39 is 17.8 Å². The number of benzene rings is 1. The number of aliphatic carboxylic acids is 1. The summed E-state index contributed by atoms with van der Waals surface area (Å²) in [7, 11) is 0. The fourth-order valence-corrected chi connectivity index (χ4v) is 2.26. The van der Waals surface area contributed by atoms with Gasteiger partial charge in [-0.3, -0.25) is 9.59 Å². The highest BCUT2D eigenvalue weighted by atomic mass is 35.5. The van der Waals surface area contributed by atoms with Crippen LogP contribution < -0.4 is 5.32 Å². The van der Waals surface area contributed by atoms with Crippen molar-refractivity contribution >= 4 is 23.5 Å². The topological polar surface area (TPSA) is 75.6 Å². The van der Waals surface area contributed by atoms with Gasteiger partial charge in [0.1, 0.15) is 12.0 Å². The van der Waals surface area contributed by atoms with Crippen LogP contribution in [0.4, 0.5) is 0 Å². The Balaban J connectivity index is 2.06. The molecule has 20 heavy (non-hydrogen) atoms. The van der Waals surface area contributed by atoms with Crippen molar-refractivity contribution in [3.8, 4) is 0 Å². The average molecular weight is 298 g/mol. The summed E-state index contributed by atoms with van der Waals surface area (Å²) in [5.74, 6) is -2.70. The van der Waals surface area contributed by atoms with Gasteiger partial charge in [-0.2, -0.15) is 0 Å². The highest BCUT2D eigenvalue weighted by Gasteiger charge is 2.33. The van der Waals surface area contributed by atoms with Crippen molar-refractivity contribution in [2.75, 3.05) is 6.61 Å². The summed E-state index contributed by atoms with van der Waals surface area (Å²) >= 11 is 5.84. The molecule has 2 N–H and O–H groups in total. The summed E-state index contributed by atoms with van der Waals surface area (Å²) in [4.78, 5) is 22.6. The highest BCUT2D eigenvalue weighted by Crippen LogP contribution is 2.30. The normalized spacial score (nSPS) is 23.3. The van der Waals surface area contributed by atoms with Gasteiger partial charge in [0, 0.05) is 11.6 Å². The molecular weight excluding hydrogens is 282 g/mol. The van der Waals surface area contributed by atoms with Crippen molar-refractivity contribution in [3.05, 3.63) is 34.9 Å². The summed E-state index contributed by atoms with van der Waals surface area (Å²) in [6, 6.07) is 7.00. The van der Waals surface area contributed by atoms with E-state index in [9.17, 15) is 9.59 Å². The molecule has 5 nitrogen and oxygen atoms in total. The first-order valence-corrected chi connectivity index (χ1v) is 6.77. The van der Waals surface area contributed by atoms with Gasteiger partial charge in [0.25, 0.3) is 0 Å². The van der Waals surface area contributed by atoms with Gasteiger partial charge in [0.05, 0.1) is 6.04 Å². The fraction of sp³-hybridized carbons (Fsp3) is 0.429. The molecule has 0 aliphatic carbocycles. The third kappa shape index (κ3) is 3.29. The third-order valence-electron chi connectivity index (χ3n) is 3.38. The SMILES string of the molecule is CC(C(=O)O)C(=O)NC1CCOC1c1ccc(Cl)cc1. The molecule has 1 aromatic rings. The number of halogens is 1. The standard InChI is InChI=1S/C14H16ClNO4/c1-8(14(18)19)13(17)16-11-6-7-20-12(11)9-2-4-10(15)5-3-9/h2-5,8,11-12H,6-7H2,1H3,(H,16,17)(H,18,19). The predicted octanol–water partition coefficient (Wildman–Crippen LogP) is 2.01. The smallest absolute Gasteiger partial charge is 0.315 e. The fourth-order valence-electron chi connectivity index (χ4n) is 2.14. The number of carbonyl (C=O) groups is 2. The number of hydrogen-bond donors (Lipinski definition) is 2. The van der Waals surface area contributed by atoms with Crippen molar-refractivity contribution in [2.24, 2.45) is 5.92 Å². The molecule has 108 valence electrons. The van der Waals surface area contributed by atoms with Crippen LogP contribution in [0.3, 0.4) is 0 Å². The molecule has 0 saturated carbocycles. The van der Waals surface area contributed by atoms with Crippen LogP contribution in [0.2, 0.25) is 5.02 Å². The molecule has 1 fully saturated rings. The van der Waals surface area contributed by atoms with Crippen molar-refractivity contribution in [3.63, 3.8) is 0 Å². The summed E-state index contributed by atoms with van der Waals surface area (Å²) in [5, 5.41) is 12.2. The van der Waals surface area contributed by atoms with Gasteiger partial charge in [-0.05, 0) is 31.0 Å². The van der Waals surface area contributed by atoms with Gasteiger partial charge in [0.2, 0.25) is 5.91 Å². The molecule has 0 spiro atoms. The number of rotatable bonds is 4. The first-order chi connectivity index (χ1) is 9.49. The van der Waals surface area contributed by atoms with E-state index in [1.54, 1.807) is 12.1 Å². The van der Waals surface area contributed by atoms with Crippen LogP contribution in [0.15, 0.2) is 24.3 Å². The van der Waals surface area contributed by atoms with Crippen LogP contribution in [0.25, 0.3) is 0 Å². The third-order valence-corrected chi connectivity index (χ3v) is 3.63. The quantitative estimate of drug-likeness (QED) is 0.834. The number of hydrogen-bond acceptors (Lipinski definition) is 3. The van der Waals surface area contributed by atoms with Gasteiger partial charge in [-0.25, -0.2) is 0 Å². The number of carbonyl (C=O) groups excluding carboxylic acids is 1.